The van der Waals surface area contributed by atoms with Gasteiger partial charge in [0.2, 0.25) is 5.91 Å². The molecule has 0 atom stereocenters. The molecule has 0 bridgehead atoms. The van der Waals surface area contributed by atoms with Crippen LogP contribution in [0.25, 0.3) is 0 Å². The molecule has 7 nitrogen and oxygen atoms in total. The number of hydrogen-bond donors (Lipinski definition) is 1. The lowest BCUT2D eigenvalue weighted by molar-refractivity contribution is -0.139. The minimum atomic E-state index is -0.920. The highest BCUT2D eigenvalue weighted by Gasteiger charge is 2.49. The Morgan fingerprint density at radius 1 is 1.10 bits per heavy atom. The van der Waals surface area contributed by atoms with Crippen LogP contribution in [0.1, 0.15) is 49.9 Å². The second-order valence-corrected chi connectivity index (χ2v) is 8.57. The van der Waals surface area contributed by atoms with Crippen molar-refractivity contribution in [2.45, 2.75) is 45.1 Å². The fourth-order valence-electron chi connectivity index (χ4n) is 4.06. The Bertz CT molecular complexity index is 877. The van der Waals surface area contributed by atoms with Gasteiger partial charge in [0.05, 0.1) is 10.0 Å². The van der Waals surface area contributed by atoms with Gasteiger partial charge in [0.25, 0.3) is 5.91 Å². The molecule has 162 valence electrons. The first-order valence-corrected chi connectivity index (χ1v) is 10.9. The maximum Gasteiger partial charge on any atom is 0.325 e. The first kappa shape index (κ1) is 22.6. The highest BCUT2D eigenvalue weighted by molar-refractivity contribution is 6.42. The maximum absolute atomic E-state index is 12.7. The summed E-state index contributed by atoms with van der Waals surface area (Å²) in [6.45, 7) is 4.18. The molecule has 3 rings (SSSR count). The van der Waals surface area contributed by atoms with Gasteiger partial charge in [-0.3, -0.25) is 19.3 Å². The summed E-state index contributed by atoms with van der Waals surface area (Å²) in [6.07, 6.45) is 1.97. The van der Waals surface area contributed by atoms with E-state index in [0.29, 0.717) is 54.4 Å². The van der Waals surface area contributed by atoms with Crippen molar-refractivity contribution in [3.8, 4) is 0 Å². The number of carbonyl (C=O) groups is 4. The smallest absolute Gasteiger partial charge is 0.325 e. The largest absolute Gasteiger partial charge is 0.341 e. The van der Waals surface area contributed by atoms with Crippen molar-refractivity contribution in [1.82, 2.24) is 15.1 Å². The number of imide groups is 1. The van der Waals surface area contributed by atoms with Crippen molar-refractivity contribution in [1.29, 1.82) is 0 Å². The van der Waals surface area contributed by atoms with E-state index in [1.54, 1.807) is 23.1 Å². The molecule has 2 aliphatic rings. The predicted octanol–water partition coefficient (Wildman–Crippen LogP) is 3.53. The average molecular weight is 454 g/mol. The average Bonchev–Trinajstić information content (AvgIpc) is 2.99. The molecule has 0 aliphatic carbocycles. The number of benzene rings is 1. The molecule has 0 aromatic heterocycles. The molecule has 0 spiro atoms. The molecular formula is C21H25Cl2N3O4. The normalized spacial score (nSPS) is 19.2. The molecular weight excluding hydrogens is 429 g/mol. The zero-order valence-corrected chi connectivity index (χ0v) is 18.6. The third-order valence-electron chi connectivity index (χ3n) is 6.17. The van der Waals surface area contributed by atoms with Gasteiger partial charge in [-0.15, -0.1) is 0 Å². The van der Waals surface area contributed by atoms with Crippen LogP contribution >= 0.6 is 23.2 Å². The second-order valence-electron chi connectivity index (χ2n) is 7.76. The summed E-state index contributed by atoms with van der Waals surface area (Å²) in [5, 5.41) is 3.45. The lowest BCUT2D eigenvalue weighted by atomic mass is 9.89. The molecule has 30 heavy (non-hydrogen) atoms. The predicted molar refractivity (Wildman–Crippen MR) is 114 cm³/mol. The van der Waals surface area contributed by atoms with Crippen molar-refractivity contribution in [3.05, 3.63) is 33.8 Å². The molecule has 2 aliphatic heterocycles. The number of amides is 4. The fourth-order valence-corrected chi connectivity index (χ4v) is 4.36. The summed E-state index contributed by atoms with van der Waals surface area (Å²) < 4.78 is 0. The Balaban J connectivity index is 1.58. The van der Waals surface area contributed by atoms with E-state index < -0.39 is 11.6 Å². The number of piperidine rings is 1. The number of nitrogens with zero attached hydrogens (tertiary/aromatic N) is 2. The van der Waals surface area contributed by atoms with Crippen molar-refractivity contribution in [2.75, 3.05) is 19.6 Å². The minimum Gasteiger partial charge on any atom is -0.341 e. The Labute approximate surface area is 185 Å². The van der Waals surface area contributed by atoms with Gasteiger partial charge in [-0.1, -0.05) is 37.0 Å². The summed E-state index contributed by atoms with van der Waals surface area (Å²) in [5.41, 5.74) is -0.416. The van der Waals surface area contributed by atoms with Crippen LogP contribution in [-0.4, -0.2) is 58.6 Å². The standard InChI is InChI=1S/C21H25Cl2N3O4/c1-3-21(4-2)19(29)26(20(30)24-21)12-17(27)25-9-7-13(8-10-25)18(28)14-5-6-15(22)16(23)11-14/h5-6,11,13H,3-4,7-10,12H2,1-2H3,(H,24,30). The number of urea groups is 1. The minimum absolute atomic E-state index is 0.0227. The lowest BCUT2D eigenvalue weighted by Crippen LogP contribution is -2.48. The molecule has 0 radical (unpaired) electrons. The molecule has 1 aromatic carbocycles. The molecule has 2 heterocycles. The van der Waals surface area contributed by atoms with Crippen LogP contribution in [0.4, 0.5) is 4.79 Å². The monoisotopic (exact) mass is 453 g/mol. The van der Waals surface area contributed by atoms with E-state index in [9.17, 15) is 19.2 Å². The molecule has 9 heteroatoms. The number of rotatable bonds is 6. The summed E-state index contributed by atoms with van der Waals surface area (Å²) in [7, 11) is 0. The number of nitrogens with one attached hydrogen (secondary N) is 1. The summed E-state index contributed by atoms with van der Waals surface area (Å²) in [6, 6.07) is 4.29. The van der Waals surface area contributed by atoms with Crippen LogP contribution in [-0.2, 0) is 9.59 Å². The van der Waals surface area contributed by atoms with Crippen molar-refractivity contribution in [3.63, 3.8) is 0 Å². The fraction of sp³-hybridized carbons (Fsp3) is 0.524. The molecule has 4 amide bonds. The van der Waals surface area contributed by atoms with Gasteiger partial charge in [0, 0.05) is 24.6 Å². The zero-order valence-electron chi connectivity index (χ0n) is 17.0. The van der Waals surface area contributed by atoms with E-state index in [4.69, 9.17) is 23.2 Å². The van der Waals surface area contributed by atoms with Crippen LogP contribution < -0.4 is 5.32 Å². The van der Waals surface area contributed by atoms with Gasteiger partial charge in [-0.2, -0.15) is 0 Å². The Hall–Kier alpha value is -2.12. The summed E-state index contributed by atoms with van der Waals surface area (Å²) >= 11 is 11.9. The molecule has 0 saturated carbocycles. The number of ketones is 1. The third kappa shape index (κ3) is 4.18. The number of likely N-dealkylation sites (tertiary alicyclic amines) is 1. The maximum atomic E-state index is 12.7. The van der Waals surface area contributed by atoms with Crippen molar-refractivity contribution < 1.29 is 19.2 Å². The van der Waals surface area contributed by atoms with Crippen molar-refractivity contribution in [2.24, 2.45) is 5.92 Å². The quantitative estimate of drug-likeness (QED) is 0.527. The van der Waals surface area contributed by atoms with Crippen LogP contribution in [0.15, 0.2) is 18.2 Å². The Morgan fingerprint density at radius 2 is 1.73 bits per heavy atom. The molecule has 0 unspecified atom stereocenters. The zero-order chi connectivity index (χ0) is 22.1. The van der Waals surface area contributed by atoms with Gasteiger partial charge in [0.15, 0.2) is 5.78 Å². The van der Waals surface area contributed by atoms with E-state index in [1.165, 1.54) is 0 Å². The number of Topliss-reactive ketones (excluding diaryl/α,β-unsaturated/α-hetero) is 1. The van der Waals surface area contributed by atoms with Crippen LogP contribution in [0.2, 0.25) is 10.0 Å². The second kappa shape index (κ2) is 8.94. The lowest BCUT2D eigenvalue weighted by Gasteiger charge is -2.32. The first-order valence-electron chi connectivity index (χ1n) is 10.1. The molecule has 1 aromatic rings. The molecule has 2 saturated heterocycles. The third-order valence-corrected chi connectivity index (χ3v) is 6.91. The van der Waals surface area contributed by atoms with Crippen LogP contribution in [0.5, 0.6) is 0 Å². The first-order chi connectivity index (χ1) is 14.2. The Kier molecular flexibility index (Phi) is 6.72. The number of carbonyl (C=O) groups excluding carboxylic acids is 4. The van der Waals surface area contributed by atoms with Gasteiger partial charge in [0.1, 0.15) is 12.1 Å². The number of halogens is 2. The van der Waals surface area contributed by atoms with Gasteiger partial charge in [-0.05, 0) is 43.9 Å². The summed E-state index contributed by atoms with van der Waals surface area (Å²) in [4.78, 5) is 53.0. The Morgan fingerprint density at radius 3 is 2.27 bits per heavy atom. The molecule has 2 fully saturated rings. The SMILES string of the molecule is CCC1(CC)NC(=O)N(CC(=O)N2CCC(C(=O)c3ccc(Cl)c(Cl)c3)CC2)C1=O. The van der Waals surface area contributed by atoms with Crippen LogP contribution in [0, 0.1) is 5.92 Å². The van der Waals surface area contributed by atoms with E-state index in [0.717, 1.165) is 4.90 Å². The highest BCUT2D eigenvalue weighted by atomic mass is 35.5. The topological polar surface area (TPSA) is 86.8 Å². The van der Waals surface area contributed by atoms with E-state index in [1.807, 2.05) is 13.8 Å². The van der Waals surface area contributed by atoms with Crippen LogP contribution in [0.3, 0.4) is 0 Å². The van der Waals surface area contributed by atoms with Gasteiger partial charge in [-0.25, -0.2) is 4.79 Å². The van der Waals surface area contributed by atoms with E-state index >= 15 is 0 Å². The van der Waals surface area contributed by atoms with Gasteiger partial charge < -0.3 is 10.2 Å². The summed E-state index contributed by atoms with van der Waals surface area (Å²) in [5.74, 6) is -0.876. The van der Waals surface area contributed by atoms with Crippen molar-refractivity contribution >= 4 is 46.8 Å². The van der Waals surface area contributed by atoms with Gasteiger partial charge >= 0.3 is 6.03 Å². The van der Waals surface area contributed by atoms with E-state index in [2.05, 4.69) is 5.32 Å². The highest BCUT2D eigenvalue weighted by Crippen LogP contribution is 2.28. The van der Waals surface area contributed by atoms with E-state index in [-0.39, 0.29) is 30.1 Å². The number of hydrogen-bond acceptors (Lipinski definition) is 4. The molecule has 1 N–H and O–H groups in total.